The van der Waals surface area contributed by atoms with E-state index in [4.69, 9.17) is 10.4 Å². The van der Waals surface area contributed by atoms with Crippen molar-refractivity contribution in [2.24, 2.45) is 5.92 Å². The largest absolute Gasteiger partial charge is 0.481 e. The molecule has 0 aromatic heterocycles. The van der Waals surface area contributed by atoms with Crippen LogP contribution in [0.5, 0.6) is 0 Å². The van der Waals surface area contributed by atoms with Gasteiger partial charge in [0, 0.05) is 19.0 Å². The van der Waals surface area contributed by atoms with Crippen LogP contribution in [-0.2, 0) is 4.79 Å². The molecule has 90 valence electrons. The first-order valence-corrected chi connectivity index (χ1v) is 5.16. The smallest absolute Gasteiger partial charge is 0.308 e. The summed E-state index contributed by atoms with van der Waals surface area (Å²) in [6, 6.07) is 9.24. The number of halogens is 1. The van der Waals surface area contributed by atoms with Gasteiger partial charge in [-0.3, -0.25) is 4.79 Å². The van der Waals surface area contributed by atoms with Gasteiger partial charge in [-0.2, -0.15) is 5.26 Å². The molecule has 0 aliphatic carbocycles. The predicted molar refractivity (Wildman–Crippen MR) is 65.1 cm³/mol. The first-order valence-electron chi connectivity index (χ1n) is 5.16. The van der Waals surface area contributed by atoms with Crippen LogP contribution >= 0.6 is 12.4 Å². The summed E-state index contributed by atoms with van der Waals surface area (Å²) in [5.41, 5.74) is 1.50. The molecule has 2 atom stereocenters. The molecule has 5 heteroatoms. The van der Waals surface area contributed by atoms with Gasteiger partial charge in [-0.1, -0.05) is 12.1 Å². The zero-order chi connectivity index (χ0) is 11.5. The Kier molecular flexibility index (Phi) is 4.50. The predicted octanol–water partition coefficient (Wildman–Crippen LogP) is 1.37. The van der Waals surface area contributed by atoms with E-state index >= 15 is 0 Å². The highest BCUT2D eigenvalue weighted by Crippen LogP contribution is 2.28. The van der Waals surface area contributed by atoms with Gasteiger partial charge in [-0.05, 0) is 17.7 Å². The van der Waals surface area contributed by atoms with Crippen LogP contribution in [0.4, 0.5) is 0 Å². The molecule has 17 heavy (non-hydrogen) atoms. The number of hydrogen-bond acceptors (Lipinski definition) is 3. The summed E-state index contributed by atoms with van der Waals surface area (Å²) in [6.45, 7) is 1.16. The Labute approximate surface area is 106 Å². The minimum Gasteiger partial charge on any atom is -0.481 e. The van der Waals surface area contributed by atoms with Crippen LogP contribution in [0.15, 0.2) is 24.3 Å². The lowest BCUT2D eigenvalue weighted by atomic mass is 9.88. The molecule has 0 radical (unpaired) electrons. The number of carboxylic acids is 1. The van der Waals surface area contributed by atoms with Crippen LogP contribution in [-0.4, -0.2) is 24.2 Å². The van der Waals surface area contributed by atoms with Crippen molar-refractivity contribution in [2.45, 2.75) is 5.92 Å². The van der Waals surface area contributed by atoms with Crippen molar-refractivity contribution < 1.29 is 9.90 Å². The molecule has 1 aliphatic heterocycles. The number of aliphatic carboxylic acids is 1. The molecule has 2 N–H and O–H groups in total. The van der Waals surface area contributed by atoms with Gasteiger partial charge in [-0.15, -0.1) is 12.4 Å². The lowest BCUT2D eigenvalue weighted by Crippen LogP contribution is -2.21. The summed E-state index contributed by atoms with van der Waals surface area (Å²) in [5, 5.41) is 20.9. The van der Waals surface area contributed by atoms with Gasteiger partial charge >= 0.3 is 5.97 Å². The third-order valence-electron chi connectivity index (χ3n) is 2.98. The summed E-state index contributed by atoms with van der Waals surface area (Å²) in [6.07, 6.45) is 0. The average Bonchev–Trinajstić information content (AvgIpc) is 2.78. The fourth-order valence-corrected chi connectivity index (χ4v) is 2.13. The van der Waals surface area contributed by atoms with E-state index in [2.05, 4.69) is 11.4 Å². The van der Waals surface area contributed by atoms with Crippen molar-refractivity contribution in [3.8, 4) is 6.07 Å². The van der Waals surface area contributed by atoms with Crippen LogP contribution in [0.1, 0.15) is 17.0 Å². The van der Waals surface area contributed by atoms with Gasteiger partial charge in [0.15, 0.2) is 0 Å². The van der Waals surface area contributed by atoms with Crippen molar-refractivity contribution in [3.63, 3.8) is 0 Å². The topological polar surface area (TPSA) is 73.1 Å². The van der Waals surface area contributed by atoms with Gasteiger partial charge in [0.25, 0.3) is 0 Å². The van der Waals surface area contributed by atoms with Crippen molar-refractivity contribution in [1.29, 1.82) is 5.26 Å². The van der Waals surface area contributed by atoms with Crippen molar-refractivity contribution in [3.05, 3.63) is 35.4 Å². The molecule has 2 rings (SSSR count). The van der Waals surface area contributed by atoms with Gasteiger partial charge in [0.1, 0.15) is 0 Å². The Balaban J connectivity index is 0.00000144. The average molecular weight is 253 g/mol. The normalized spacial score (nSPS) is 22.5. The van der Waals surface area contributed by atoms with Crippen LogP contribution in [0.3, 0.4) is 0 Å². The molecular weight excluding hydrogens is 240 g/mol. The molecule has 1 aromatic carbocycles. The second-order valence-corrected chi connectivity index (χ2v) is 3.95. The highest BCUT2D eigenvalue weighted by Gasteiger charge is 2.33. The van der Waals surface area contributed by atoms with E-state index in [-0.39, 0.29) is 18.3 Å². The van der Waals surface area contributed by atoms with Gasteiger partial charge < -0.3 is 10.4 Å². The number of nitriles is 1. The van der Waals surface area contributed by atoms with E-state index in [1.165, 1.54) is 0 Å². The maximum Gasteiger partial charge on any atom is 0.308 e. The van der Waals surface area contributed by atoms with Crippen LogP contribution in [0, 0.1) is 17.2 Å². The minimum atomic E-state index is -0.780. The number of hydrogen-bond donors (Lipinski definition) is 2. The van der Waals surface area contributed by atoms with Gasteiger partial charge in [0.2, 0.25) is 0 Å². The molecule has 1 aliphatic rings. The standard InChI is InChI=1S/C12H12N2O2.ClH/c13-5-8-2-1-3-9(4-8)10-6-14-7-11(10)12(15)16;/h1-4,10-11,14H,6-7H2,(H,15,16);1H. The van der Waals surface area contributed by atoms with E-state index in [0.29, 0.717) is 18.7 Å². The lowest BCUT2D eigenvalue weighted by molar-refractivity contribution is -0.141. The number of rotatable bonds is 2. The molecule has 4 nitrogen and oxygen atoms in total. The summed E-state index contributed by atoms with van der Waals surface area (Å²) in [5.74, 6) is -1.21. The highest BCUT2D eigenvalue weighted by molar-refractivity contribution is 5.85. The van der Waals surface area contributed by atoms with Gasteiger partial charge in [-0.25, -0.2) is 0 Å². The second-order valence-electron chi connectivity index (χ2n) is 3.95. The Morgan fingerprint density at radius 3 is 2.88 bits per heavy atom. The third kappa shape index (κ3) is 2.76. The molecule has 1 saturated heterocycles. The molecule has 2 unspecified atom stereocenters. The van der Waals surface area contributed by atoms with Crippen molar-refractivity contribution in [2.75, 3.05) is 13.1 Å². The quantitative estimate of drug-likeness (QED) is 0.834. The first-order chi connectivity index (χ1) is 7.72. The number of benzene rings is 1. The first kappa shape index (κ1) is 13.5. The minimum absolute atomic E-state index is 0. The van der Waals surface area contributed by atoms with E-state index in [9.17, 15) is 4.79 Å². The highest BCUT2D eigenvalue weighted by atomic mass is 35.5. The van der Waals surface area contributed by atoms with Crippen LogP contribution in [0.25, 0.3) is 0 Å². The third-order valence-corrected chi connectivity index (χ3v) is 2.98. The molecule has 0 spiro atoms. The zero-order valence-corrected chi connectivity index (χ0v) is 9.91. The number of carbonyl (C=O) groups is 1. The Morgan fingerprint density at radius 1 is 1.47 bits per heavy atom. The molecule has 0 amide bonds. The van der Waals surface area contributed by atoms with E-state index < -0.39 is 11.9 Å². The fourth-order valence-electron chi connectivity index (χ4n) is 2.13. The Hall–Kier alpha value is -1.57. The zero-order valence-electron chi connectivity index (χ0n) is 9.09. The number of nitrogens with zero attached hydrogens (tertiary/aromatic N) is 1. The number of carboxylic acid groups (broad SMARTS) is 1. The Bertz CT molecular complexity index is 456. The summed E-state index contributed by atoms with van der Waals surface area (Å²) >= 11 is 0. The number of nitrogens with one attached hydrogen (secondary N) is 1. The second kappa shape index (κ2) is 5.67. The summed E-state index contributed by atoms with van der Waals surface area (Å²) in [7, 11) is 0. The summed E-state index contributed by atoms with van der Waals surface area (Å²) < 4.78 is 0. The molecule has 0 bridgehead atoms. The maximum atomic E-state index is 11.0. The van der Waals surface area contributed by atoms with Gasteiger partial charge in [0.05, 0.1) is 17.6 Å². The van der Waals surface area contributed by atoms with Crippen molar-refractivity contribution in [1.82, 2.24) is 5.32 Å². The lowest BCUT2D eigenvalue weighted by Gasteiger charge is -2.14. The maximum absolute atomic E-state index is 11.0. The molecule has 1 fully saturated rings. The van der Waals surface area contributed by atoms with E-state index in [1.807, 2.05) is 6.07 Å². The van der Waals surface area contributed by atoms with Crippen LogP contribution in [0.2, 0.25) is 0 Å². The SMILES string of the molecule is Cl.N#Cc1cccc(C2CNCC2C(=O)O)c1. The fraction of sp³-hybridized carbons (Fsp3) is 0.333. The molecule has 1 heterocycles. The Morgan fingerprint density at radius 2 is 2.24 bits per heavy atom. The van der Waals surface area contributed by atoms with E-state index in [1.54, 1.807) is 18.2 Å². The monoisotopic (exact) mass is 252 g/mol. The summed E-state index contributed by atoms with van der Waals surface area (Å²) in [4.78, 5) is 11.0. The molecular formula is C12H13ClN2O2. The van der Waals surface area contributed by atoms with Crippen molar-refractivity contribution >= 4 is 18.4 Å². The van der Waals surface area contributed by atoms with Crippen LogP contribution < -0.4 is 5.32 Å². The molecule has 0 saturated carbocycles. The van der Waals surface area contributed by atoms with E-state index in [0.717, 1.165) is 5.56 Å². The molecule has 1 aromatic rings.